The van der Waals surface area contributed by atoms with Crippen LogP contribution in [0.2, 0.25) is 0 Å². The van der Waals surface area contributed by atoms with Gasteiger partial charge in [0.15, 0.2) is 0 Å². The van der Waals surface area contributed by atoms with Crippen LogP contribution in [-0.2, 0) is 9.59 Å². The first-order valence-corrected chi connectivity index (χ1v) is 6.89. The van der Waals surface area contributed by atoms with Gasteiger partial charge in [-0.25, -0.2) is 0 Å². The summed E-state index contributed by atoms with van der Waals surface area (Å²) in [5, 5.41) is 11.9. The van der Waals surface area contributed by atoms with Crippen molar-refractivity contribution < 1.29 is 14.7 Å². The zero-order valence-corrected chi connectivity index (χ0v) is 11.3. The third kappa shape index (κ3) is 3.95. The van der Waals surface area contributed by atoms with E-state index in [1.807, 2.05) is 36.4 Å². The molecule has 0 saturated carbocycles. The number of rotatable bonds is 5. The highest BCUT2D eigenvalue weighted by molar-refractivity contribution is 5.80. The number of carbonyl (C=O) groups excluding carboxylic acids is 1. The Bertz CT molecular complexity index is 496. The van der Waals surface area contributed by atoms with Crippen LogP contribution in [0.25, 0.3) is 0 Å². The van der Waals surface area contributed by atoms with Crippen LogP contribution < -0.4 is 5.32 Å². The van der Waals surface area contributed by atoms with E-state index in [4.69, 9.17) is 5.11 Å². The number of aliphatic carboxylic acids is 1. The van der Waals surface area contributed by atoms with Gasteiger partial charge in [-0.1, -0.05) is 42.5 Å². The van der Waals surface area contributed by atoms with Crippen molar-refractivity contribution in [2.75, 3.05) is 0 Å². The Kier molecular flexibility index (Phi) is 4.93. The Hall–Kier alpha value is -2.10. The molecule has 20 heavy (non-hydrogen) atoms. The van der Waals surface area contributed by atoms with Crippen LogP contribution in [0.5, 0.6) is 0 Å². The molecule has 1 aromatic rings. The molecule has 0 fully saturated rings. The first kappa shape index (κ1) is 14.3. The second-order valence-corrected chi connectivity index (χ2v) is 5.05. The van der Waals surface area contributed by atoms with Gasteiger partial charge in [-0.15, -0.1) is 0 Å². The van der Waals surface area contributed by atoms with Crippen molar-refractivity contribution in [2.45, 2.75) is 31.7 Å². The zero-order chi connectivity index (χ0) is 14.4. The lowest BCUT2D eigenvalue weighted by molar-refractivity contribution is -0.138. The second kappa shape index (κ2) is 6.89. The molecule has 0 bridgehead atoms. The third-order valence-corrected chi connectivity index (χ3v) is 3.54. The standard InChI is InChI=1S/C16H19NO3/c18-15(19)11-14(12-7-3-1-4-8-12)17-16(20)13-9-5-2-6-10-13/h1-5,7-8,13-14H,6,9-11H2,(H,17,20)(H,18,19)/t13-,14+/m0/s1. The summed E-state index contributed by atoms with van der Waals surface area (Å²) in [7, 11) is 0. The molecule has 1 aliphatic carbocycles. The summed E-state index contributed by atoms with van der Waals surface area (Å²) < 4.78 is 0. The monoisotopic (exact) mass is 273 g/mol. The van der Waals surface area contributed by atoms with Gasteiger partial charge in [-0.05, 0) is 24.8 Å². The summed E-state index contributed by atoms with van der Waals surface area (Å²) in [6, 6.07) is 8.78. The fraction of sp³-hybridized carbons (Fsp3) is 0.375. The lowest BCUT2D eigenvalue weighted by Crippen LogP contribution is -2.35. The molecule has 0 unspecified atom stereocenters. The topological polar surface area (TPSA) is 66.4 Å². The minimum atomic E-state index is -0.914. The first-order chi connectivity index (χ1) is 9.66. The number of carbonyl (C=O) groups is 2. The summed E-state index contributed by atoms with van der Waals surface area (Å²) in [4.78, 5) is 23.2. The van der Waals surface area contributed by atoms with Crippen molar-refractivity contribution in [2.24, 2.45) is 5.92 Å². The van der Waals surface area contributed by atoms with E-state index in [0.29, 0.717) is 0 Å². The smallest absolute Gasteiger partial charge is 0.305 e. The zero-order valence-electron chi connectivity index (χ0n) is 11.3. The van der Waals surface area contributed by atoms with E-state index in [0.717, 1.165) is 24.8 Å². The van der Waals surface area contributed by atoms with Gasteiger partial charge in [0.2, 0.25) is 5.91 Å². The highest BCUT2D eigenvalue weighted by Gasteiger charge is 2.23. The van der Waals surface area contributed by atoms with Crippen LogP contribution in [0.1, 0.15) is 37.3 Å². The molecule has 4 nitrogen and oxygen atoms in total. The fourth-order valence-electron chi connectivity index (χ4n) is 2.43. The van der Waals surface area contributed by atoms with Gasteiger partial charge in [0.05, 0.1) is 12.5 Å². The molecule has 0 spiro atoms. The number of carboxylic acids is 1. The van der Waals surface area contributed by atoms with Gasteiger partial charge in [-0.3, -0.25) is 9.59 Å². The van der Waals surface area contributed by atoms with Crippen LogP contribution in [0.3, 0.4) is 0 Å². The maximum atomic E-state index is 12.2. The van der Waals surface area contributed by atoms with Gasteiger partial charge < -0.3 is 10.4 Å². The van der Waals surface area contributed by atoms with E-state index >= 15 is 0 Å². The number of nitrogens with one attached hydrogen (secondary N) is 1. The SMILES string of the molecule is O=C(O)C[C@@H](NC(=O)[C@H]1CC=CCC1)c1ccccc1. The van der Waals surface area contributed by atoms with Crippen molar-refractivity contribution in [3.63, 3.8) is 0 Å². The minimum absolute atomic E-state index is 0.0417. The van der Waals surface area contributed by atoms with E-state index < -0.39 is 12.0 Å². The summed E-state index contributed by atoms with van der Waals surface area (Å²) in [5.41, 5.74) is 0.828. The number of carboxylic acid groups (broad SMARTS) is 1. The number of amides is 1. The molecule has 0 radical (unpaired) electrons. The summed E-state index contributed by atoms with van der Waals surface area (Å²) in [6.07, 6.45) is 6.47. The van der Waals surface area contributed by atoms with E-state index in [1.54, 1.807) is 0 Å². The average Bonchev–Trinajstić information content (AvgIpc) is 2.48. The normalized spacial score (nSPS) is 19.3. The quantitative estimate of drug-likeness (QED) is 0.810. The molecule has 0 aliphatic heterocycles. The van der Waals surface area contributed by atoms with Gasteiger partial charge >= 0.3 is 5.97 Å². The third-order valence-electron chi connectivity index (χ3n) is 3.54. The summed E-state index contributed by atoms with van der Waals surface area (Å²) in [5.74, 6) is -1.01. The number of benzene rings is 1. The largest absolute Gasteiger partial charge is 0.481 e. The molecule has 4 heteroatoms. The molecule has 2 atom stereocenters. The number of hydrogen-bond acceptors (Lipinski definition) is 2. The molecule has 106 valence electrons. The maximum Gasteiger partial charge on any atom is 0.305 e. The molecule has 1 aliphatic rings. The van der Waals surface area contributed by atoms with E-state index in [9.17, 15) is 9.59 Å². The van der Waals surface area contributed by atoms with E-state index in [1.165, 1.54) is 0 Å². The van der Waals surface area contributed by atoms with Gasteiger partial charge in [0, 0.05) is 5.92 Å². The lowest BCUT2D eigenvalue weighted by Gasteiger charge is -2.22. The molecule has 1 amide bonds. The van der Waals surface area contributed by atoms with E-state index in [2.05, 4.69) is 11.4 Å². The molecule has 0 saturated heterocycles. The fourth-order valence-corrected chi connectivity index (χ4v) is 2.43. The van der Waals surface area contributed by atoms with Crippen molar-refractivity contribution in [3.8, 4) is 0 Å². The van der Waals surface area contributed by atoms with Crippen molar-refractivity contribution in [1.29, 1.82) is 0 Å². The molecule has 2 N–H and O–H groups in total. The Labute approximate surface area is 118 Å². The first-order valence-electron chi connectivity index (χ1n) is 6.89. The summed E-state index contributed by atoms with van der Waals surface area (Å²) >= 11 is 0. The molecule has 0 aromatic heterocycles. The van der Waals surface area contributed by atoms with Gasteiger partial charge in [0.25, 0.3) is 0 Å². The number of hydrogen-bond donors (Lipinski definition) is 2. The minimum Gasteiger partial charge on any atom is -0.481 e. The van der Waals surface area contributed by atoms with Crippen LogP contribution in [0.4, 0.5) is 0 Å². The molecular weight excluding hydrogens is 254 g/mol. The van der Waals surface area contributed by atoms with Crippen LogP contribution in [-0.4, -0.2) is 17.0 Å². The molecule has 0 heterocycles. The molecular formula is C16H19NO3. The highest BCUT2D eigenvalue weighted by Crippen LogP contribution is 2.22. The Morgan fingerprint density at radius 1 is 1.25 bits per heavy atom. The molecule has 1 aromatic carbocycles. The van der Waals surface area contributed by atoms with Crippen molar-refractivity contribution in [3.05, 3.63) is 48.0 Å². The van der Waals surface area contributed by atoms with Gasteiger partial charge in [-0.2, -0.15) is 0 Å². The van der Waals surface area contributed by atoms with Crippen LogP contribution in [0, 0.1) is 5.92 Å². The van der Waals surface area contributed by atoms with Crippen LogP contribution >= 0.6 is 0 Å². The Morgan fingerprint density at radius 2 is 2.00 bits per heavy atom. The second-order valence-electron chi connectivity index (χ2n) is 5.05. The summed E-state index contributed by atoms with van der Waals surface area (Å²) in [6.45, 7) is 0. The van der Waals surface area contributed by atoms with Crippen molar-refractivity contribution >= 4 is 11.9 Å². The average molecular weight is 273 g/mol. The van der Waals surface area contributed by atoms with Gasteiger partial charge in [0.1, 0.15) is 0 Å². The van der Waals surface area contributed by atoms with Crippen LogP contribution in [0.15, 0.2) is 42.5 Å². The van der Waals surface area contributed by atoms with E-state index in [-0.39, 0.29) is 18.2 Å². The predicted octanol–water partition coefficient (Wildman–Crippen LogP) is 2.67. The highest BCUT2D eigenvalue weighted by atomic mass is 16.4. The Balaban J connectivity index is 2.05. The predicted molar refractivity (Wildman–Crippen MR) is 76.1 cm³/mol. The number of allylic oxidation sites excluding steroid dienone is 2. The Morgan fingerprint density at radius 3 is 2.60 bits per heavy atom. The molecule has 2 rings (SSSR count). The maximum absolute atomic E-state index is 12.2. The van der Waals surface area contributed by atoms with Crippen molar-refractivity contribution in [1.82, 2.24) is 5.32 Å². The lowest BCUT2D eigenvalue weighted by atomic mass is 9.92.